The zero-order valence-electron chi connectivity index (χ0n) is 6.81. The fourth-order valence-electron chi connectivity index (χ4n) is 0.897. The minimum atomic E-state index is 0.521. The highest BCUT2D eigenvalue weighted by Gasteiger charge is 2.00. The molecule has 12 heavy (non-hydrogen) atoms. The molecule has 0 unspecified atom stereocenters. The number of benzene rings is 1. The van der Waals surface area contributed by atoms with Crippen molar-refractivity contribution in [3.63, 3.8) is 0 Å². The molecular weight excluding hydrogens is 239 g/mol. The first-order chi connectivity index (χ1) is 5.77. The van der Waals surface area contributed by atoms with E-state index in [2.05, 4.69) is 15.9 Å². The number of hydrogen-bond donors (Lipinski definition) is 0. The molecule has 66 valence electrons. The van der Waals surface area contributed by atoms with Crippen molar-refractivity contribution >= 4 is 27.5 Å². The van der Waals surface area contributed by atoms with E-state index < -0.39 is 0 Å². The minimum Gasteiger partial charge on any atom is -0.493 e. The number of alkyl halides is 1. The highest BCUT2D eigenvalue weighted by Crippen LogP contribution is 2.26. The summed E-state index contributed by atoms with van der Waals surface area (Å²) < 4.78 is 6.34. The smallest absolute Gasteiger partial charge is 0.133 e. The second kappa shape index (κ2) is 4.73. The Balaban J connectivity index is 2.91. The molecule has 0 aliphatic carbocycles. The lowest BCUT2D eigenvalue weighted by Crippen LogP contribution is -1.93. The van der Waals surface area contributed by atoms with Crippen LogP contribution in [0.2, 0.25) is 0 Å². The summed E-state index contributed by atoms with van der Waals surface area (Å²) in [5, 5.41) is 0. The minimum absolute atomic E-state index is 0.521. The van der Waals surface area contributed by atoms with Gasteiger partial charge in [0, 0.05) is 5.88 Å². The van der Waals surface area contributed by atoms with Crippen LogP contribution in [0.3, 0.4) is 0 Å². The van der Waals surface area contributed by atoms with Crippen LogP contribution in [-0.4, -0.2) is 6.61 Å². The van der Waals surface area contributed by atoms with Gasteiger partial charge >= 0.3 is 0 Å². The van der Waals surface area contributed by atoms with E-state index in [0.29, 0.717) is 12.5 Å². The second-order valence-electron chi connectivity index (χ2n) is 2.33. The molecule has 1 aromatic carbocycles. The Bertz CT molecular complexity index is 263. The monoisotopic (exact) mass is 248 g/mol. The van der Waals surface area contributed by atoms with Crippen molar-refractivity contribution in [2.45, 2.75) is 12.8 Å². The maximum atomic E-state index is 5.68. The van der Waals surface area contributed by atoms with E-state index in [9.17, 15) is 0 Å². The van der Waals surface area contributed by atoms with Gasteiger partial charge in [-0.2, -0.15) is 0 Å². The highest BCUT2D eigenvalue weighted by atomic mass is 79.9. The molecular formula is C9H10BrClO. The molecule has 1 nitrogen and oxygen atoms in total. The molecule has 1 rings (SSSR count). The summed E-state index contributed by atoms with van der Waals surface area (Å²) in [5.74, 6) is 1.38. The Morgan fingerprint density at radius 1 is 1.50 bits per heavy atom. The van der Waals surface area contributed by atoms with Gasteiger partial charge in [-0.05, 0) is 40.5 Å². The number of ether oxygens (including phenoxy) is 1. The molecule has 0 saturated heterocycles. The summed E-state index contributed by atoms with van der Waals surface area (Å²) in [4.78, 5) is 0. The van der Waals surface area contributed by atoms with Crippen LogP contribution < -0.4 is 4.74 Å². The third-order valence-corrected chi connectivity index (χ3v) is 2.41. The third kappa shape index (κ3) is 2.39. The summed E-state index contributed by atoms with van der Waals surface area (Å²) >= 11 is 9.07. The molecule has 0 amide bonds. The molecule has 3 heteroatoms. The molecule has 0 aliphatic rings. The van der Waals surface area contributed by atoms with E-state index in [1.165, 1.54) is 0 Å². The molecule has 0 N–H and O–H groups in total. The van der Waals surface area contributed by atoms with Gasteiger partial charge in [-0.15, -0.1) is 11.6 Å². The maximum Gasteiger partial charge on any atom is 0.133 e. The van der Waals surface area contributed by atoms with Crippen molar-refractivity contribution in [3.8, 4) is 5.75 Å². The van der Waals surface area contributed by atoms with Crippen LogP contribution in [0.25, 0.3) is 0 Å². The van der Waals surface area contributed by atoms with Crippen molar-refractivity contribution in [2.24, 2.45) is 0 Å². The quantitative estimate of drug-likeness (QED) is 0.744. The Morgan fingerprint density at radius 3 is 2.83 bits per heavy atom. The molecule has 0 saturated carbocycles. The number of rotatable bonds is 3. The predicted molar refractivity (Wildman–Crippen MR) is 54.9 cm³/mol. The fraction of sp³-hybridized carbons (Fsp3) is 0.333. The average Bonchev–Trinajstić information content (AvgIpc) is 2.09. The lowest BCUT2D eigenvalue weighted by molar-refractivity contribution is 0.338. The number of halogens is 2. The maximum absolute atomic E-state index is 5.68. The van der Waals surface area contributed by atoms with Crippen LogP contribution in [0.4, 0.5) is 0 Å². The molecule has 0 fully saturated rings. The zero-order chi connectivity index (χ0) is 8.97. The Morgan fingerprint density at radius 2 is 2.25 bits per heavy atom. The fourth-order valence-corrected chi connectivity index (χ4v) is 1.42. The molecule has 0 bridgehead atoms. The van der Waals surface area contributed by atoms with E-state index >= 15 is 0 Å². The summed E-state index contributed by atoms with van der Waals surface area (Å²) in [6.45, 7) is 2.63. The van der Waals surface area contributed by atoms with Crippen molar-refractivity contribution in [3.05, 3.63) is 28.2 Å². The number of hydrogen-bond acceptors (Lipinski definition) is 1. The summed E-state index contributed by atoms with van der Waals surface area (Å²) in [6.07, 6.45) is 0. The third-order valence-electron chi connectivity index (χ3n) is 1.45. The van der Waals surface area contributed by atoms with Gasteiger partial charge in [0.2, 0.25) is 0 Å². The van der Waals surface area contributed by atoms with Crippen molar-refractivity contribution < 1.29 is 4.74 Å². The van der Waals surface area contributed by atoms with Crippen LogP contribution in [0.1, 0.15) is 12.5 Å². The Labute approximate surface area is 85.8 Å². The van der Waals surface area contributed by atoms with Crippen LogP contribution in [0.5, 0.6) is 5.75 Å². The van der Waals surface area contributed by atoms with Gasteiger partial charge in [0.15, 0.2) is 0 Å². The van der Waals surface area contributed by atoms with E-state index in [4.69, 9.17) is 16.3 Å². The summed E-state index contributed by atoms with van der Waals surface area (Å²) in [7, 11) is 0. The molecule has 0 spiro atoms. The van der Waals surface area contributed by atoms with E-state index in [1.54, 1.807) is 0 Å². The average molecular weight is 250 g/mol. The first-order valence-corrected chi connectivity index (χ1v) is 5.08. The predicted octanol–water partition coefficient (Wildman–Crippen LogP) is 3.59. The van der Waals surface area contributed by atoms with E-state index in [1.807, 2.05) is 25.1 Å². The highest BCUT2D eigenvalue weighted by molar-refractivity contribution is 9.10. The lowest BCUT2D eigenvalue weighted by atomic mass is 10.2. The topological polar surface area (TPSA) is 9.23 Å². The van der Waals surface area contributed by atoms with Crippen LogP contribution in [0, 0.1) is 0 Å². The van der Waals surface area contributed by atoms with Crippen molar-refractivity contribution in [1.82, 2.24) is 0 Å². The Hall–Kier alpha value is -0.210. The van der Waals surface area contributed by atoms with E-state index in [-0.39, 0.29) is 0 Å². The van der Waals surface area contributed by atoms with Gasteiger partial charge in [-0.25, -0.2) is 0 Å². The lowest BCUT2D eigenvalue weighted by Gasteiger charge is -2.06. The standard InChI is InChI=1S/C9H10BrClO/c1-2-12-9-5-7(6-11)3-4-8(9)10/h3-5H,2,6H2,1H3. The van der Waals surface area contributed by atoms with Crippen LogP contribution in [-0.2, 0) is 5.88 Å². The Kier molecular flexibility index (Phi) is 3.89. The van der Waals surface area contributed by atoms with Crippen LogP contribution >= 0.6 is 27.5 Å². The molecule has 0 aromatic heterocycles. The zero-order valence-corrected chi connectivity index (χ0v) is 9.15. The molecule has 0 aliphatic heterocycles. The molecule has 1 aromatic rings. The SMILES string of the molecule is CCOc1cc(CCl)ccc1Br. The van der Waals surface area contributed by atoms with Crippen molar-refractivity contribution in [1.29, 1.82) is 0 Å². The first kappa shape index (κ1) is 9.87. The van der Waals surface area contributed by atoms with E-state index in [0.717, 1.165) is 15.8 Å². The normalized spacial score (nSPS) is 9.92. The first-order valence-electron chi connectivity index (χ1n) is 3.75. The summed E-state index contributed by atoms with van der Waals surface area (Å²) in [6, 6.07) is 5.86. The van der Waals surface area contributed by atoms with Gasteiger partial charge in [-0.1, -0.05) is 6.07 Å². The van der Waals surface area contributed by atoms with Gasteiger partial charge in [0.1, 0.15) is 5.75 Å². The van der Waals surface area contributed by atoms with Gasteiger partial charge in [0.25, 0.3) is 0 Å². The van der Waals surface area contributed by atoms with Gasteiger partial charge in [-0.3, -0.25) is 0 Å². The molecule has 0 heterocycles. The second-order valence-corrected chi connectivity index (χ2v) is 3.45. The van der Waals surface area contributed by atoms with Crippen molar-refractivity contribution in [2.75, 3.05) is 6.61 Å². The van der Waals surface area contributed by atoms with Crippen LogP contribution in [0.15, 0.2) is 22.7 Å². The van der Waals surface area contributed by atoms with Gasteiger partial charge < -0.3 is 4.74 Å². The summed E-state index contributed by atoms with van der Waals surface area (Å²) in [5.41, 5.74) is 1.07. The largest absolute Gasteiger partial charge is 0.493 e. The molecule has 0 radical (unpaired) electrons. The van der Waals surface area contributed by atoms with Gasteiger partial charge in [0.05, 0.1) is 11.1 Å². The molecule has 0 atom stereocenters.